The molecule has 0 bridgehead atoms. The van der Waals surface area contributed by atoms with Gasteiger partial charge in [-0.15, -0.1) is 0 Å². The predicted octanol–water partition coefficient (Wildman–Crippen LogP) is 0.869. The minimum atomic E-state index is -1.34. The van der Waals surface area contributed by atoms with Crippen LogP contribution in [-0.4, -0.2) is 34.4 Å². The van der Waals surface area contributed by atoms with Gasteiger partial charge in [0.05, 0.1) is 18.2 Å². The summed E-state index contributed by atoms with van der Waals surface area (Å²) in [6, 6.07) is 8.20. The number of aliphatic carboxylic acids is 1. The zero-order valence-electron chi connectivity index (χ0n) is 12.8. The Morgan fingerprint density at radius 1 is 1.30 bits per heavy atom. The number of carbonyl (C=O) groups excluding carboxylic acids is 2. The smallest absolute Gasteiger partial charge is 0.305 e. The van der Waals surface area contributed by atoms with Gasteiger partial charge in [0, 0.05) is 0 Å². The molecule has 2 rings (SSSR count). The zero-order valence-corrected chi connectivity index (χ0v) is 12.8. The van der Waals surface area contributed by atoms with Crippen molar-refractivity contribution in [3.05, 3.63) is 42.0 Å². The largest absolute Gasteiger partial charge is 0.481 e. The molecule has 1 aromatic rings. The molecule has 0 aliphatic carbocycles. The first-order chi connectivity index (χ1) is 10.8. The Hall–Kier alpha value is -2.67. The van der Waals surface area contributed by atoms with E-state index in [-0.39, 0.29) is 0 Å². The summed E-state index contributed by atoms with van der Waals surface area (Å²) in [5.74, 6) is -2.18. The van der Waals surface area contributed by atoms with Crippen LogP contribution in [0.4, 0.5) is 0 Å². The van der Waals surface area contributed by atoms with Crippen molar-refractivity contribution >= 4 is 23.4 Å². The molecule has 0 fully saturated rings. The van der Waals surface area contributed by atoms with Crippen LogP contribution in [0.3, 0.4) is 0 Å². The van der Waals surface area contributed by atoms with E-state index in [1.165, 1.54) is 13.8 Å². The van der Waals surface area contributed by atoms with Crippen molar-refractivity contribution in [1.82, 2.24) is 10.8 Å². The first-order valence-corrected chi connectivity index (χ1v) is 7.07. The van der Waals surface area contributed by atoms with Gasteiger partial charge in [-0.25, -0.2) is 0 Å². The van der Waals surface area contributed by atoms with Crippen molar-refractivity contribution in [2.45, 2.75) is 31.9 Å². The van der Waals surface area contributed by atoms with Crippen molar-refractivity contribution in [3.63, 3.8) is 0 Å². The number of hydroxylamine groups is 1. The number of Topliss-reactive ketones (excluding diaryl/α,β-unsaturated/α-hetero) is 1. The molecule has 2 unspecified atom stereocenters. The number of carbonyl (C=O) groups is 3. The molecule has 1 aromatic carbocycles. The average Bonchev–Trinajstić information content (AvgIpc) is 2.91. The van der Waals surface area contributed by atoms with Gasteiger partial charge in [0.15, 0.2) is 11.4 Å². The Labute approximate surface area is 133 Å². The SMILES string of the molecule is CC(=O)C(CC(=O)O)NC(=O)C1(C)C=C(c2ccccc2)NO1. The van der Waals surface area contributed by atoms with E-state index in [0.29, 0.717) is 5.70 Å². The first kappa shape index (κ1) is 16.7. The van der Waals surface area contributed by atoms with Gasteiger partial charge < -0.3 is 10.4 Å². The molecule has 7 heteroatoms. The second-order valence-corrected chi connectivity index (χ2v) is 5.47. The maximum Gasteiger partial charge on any atom is 0.305 e. The Morgan fingerprint density at radius 2 is 1.96 bits per heavy atom. The molecule has 3 N–H and O–H groups in total. The fourth-order valence-electron chi connectivity index (χ4n) is 2.14. The quantitative estimate of drug-likeness (QED) is 0.719. The van der Waals surface area contributed by atoms with Crippen LogP contribution in [0.1, 0.15) is 25.8 Å². The van der Waals surface area contributed by atoms with Gasteiger partial charge in [0.1, 0.15) is 0 Å². The number of nitrogens with one attached hydrogen (secondary N) is 2. The maximum atomic E-state index is 12.4. The molecular formula is C16H18N2O5. The van der Waals surface area contributed by atoms with Crippen molar-refractivity contribution in [1.29, 1.82) is 0 Å². The average molecular weight is 318 g/mol. The van der Waals surface area contributed by atoms with Crippen LogP contribution >= 0.6 is 0 Å². The van der Waals surface area contributed by atoms with Crippen LogP contribution < -0.4 is 10.8 Å². The van der Waals surface area contributed by atoms with Gasteiger partial charge in [-0.2, -0.15) is 0 Å². The van der Waals surface area contributed by atoms with Crippen LogP contribution in [0.2, 0.25) is 0 Å². The van der Waals surface area contributed by atoms with Gasteiger partial charge in [0.2, 0.25) is 0 Å². The molecule has 122 valence electrons. The van der Waals surface area contributed by atoms with Crippen molar-refractivity contribution in [2.75, 3.05) is 0 Å². The van der Waals surface area contributed by atoms with Crippen LogP contribution in [-0.2, 0) is 19.2 Å². The Morgan fingerprint density at radius 3 is 2.52 bits per heavy atom. The lowest BCUT2D eigenvalue weighted by Crippen LogP contribution is -2.51. The van der Waals surface area contributed by atoms with E-state index in [9.17, 15) is 14.4 Å². The molecule has 0 spiro atoms. The molecule has 2 atom stereocenters. The third kappa shape index (κ3) is 3.95. The molecule has 0 aromatic heterocycles. The molecule has 7 nitrogen and oxygen atoms in total. The number of hydrogen-bond donors (Lipinski definition) is 3. The highest BCUT2D eigenvalue weighted by molar-refractivity contribution is 5.95. The molecule has 1 amide bonds. The summed E-state index contributed by atoms with van der Waals surface area (Å²) in [7, 11) is 0. The third-order valence-electron chi connectivity index (χ3n) is 3.50. The lowest BCUT2D eigenvalue weighted by atomic mass is 10.0. The molecule has 1 aliphatic rings. The predicted molar refractivity (Wildman–Crippen MR) is 81.9 cm³/mol. The van der Waals surface area contributed by atoms with Crippen LogP contribution in [0.5, 0.6) is 0 Å². The second kappa shape index (κ2) is 6.62. The van der Waals surface area contributed by atoms with Crippen molar-refractivity contribution in [2.24, 2.45) is 0 Å². The van der Waals surface area contributed by atoms with Crippen LogP contribution in [0.15, 0.2) is 36.4 Å². The molecule has 0 saturated carbocycles. The topological polar surface area (TPSA) is 105 Å². The van der Waals surface area contributed by atoms with Crippen molar-refractivity contribution < 1.29 is 24.3 Å². The van der Waals surface area contributed by atoms with E-state index in [1.54, 1.807) is 6.08 Å². The number of carboxylic acid groups (broad SMARTS) is 1. The van der Waals surface area contributed by atoms with Crippen LogP contribution in [0, 0.1) is 0 Å². The summed E-state index contributed by atoms with van der Waals surface area (Å²) in [6.45, 7) is 2.76. The van der Waals surface area contributed by atoms with Gasteiger partial charge in [0.25, 0.3) is 5.91 Å². The summed E-state index contributed by atoms with van der Waals surface area (Å²) < 4.78 is 0. The Kier molecular flexibility index (Phi) is 4.80. The summed E-state index contributed by atoms with van der Waals surface area (Å²) >= 11 is 0. The molecule has 1 aliphatic heterocycles. The molecule has 1 heterocycles. The standard InChI is InChI=1S/C16H18N2O5/c1-10(19)12(8-14(20)21)17-15(22)16(2)9-13(18-23-16)11-6-4-3-5-7-11/h3-7,9,12,18H,8H2,1-2H3,(H,17,22)(H,20,21). The highest BCUT2D eigenvalue weighted by Crippen LogP contribution is 2.26. The van der Waals surface area contributed by atoms with Gasteiger partial charge in [-0.1, -0.05) is 30.3 Å². The highest BCUT2D eigenvalue weighted by Gasteiger charge is 2.39. The zero-order chi connectivity index (χ0) is 17.0. The third-order valence-corrected chi connectivity index (χ3v) is 3.50. The van der Waals surface area contributed by atoms with E-state index in [4.69, 9.17) is 9.94 Å². The number of benzene rings is 1. The second-order valence-electron chi connectivity index (χ2n) is 5.47. The number of ketones is 1. The normalized spacial score (nSPS) is 21.0. The van der Waals surface area contributed by atoms with E-state index >= 15 is 0 Å². The molecule has 23 heavy (non-hydrogen) atoms. The van der Waals surface area contributed by atoms with Crippen molar-refractivity contribution in [3.8, 4) is 0 Å². The monoisotopic (exact) mass is 318 g/mol. The van der Waals surface area contributed by atoms with Gasteiger partial charge in [-0.05, 0) is 25.5 Å². The van der Waals surface area contributed by atoms with Gasteiger partial charge in [-0.3, -0.25) is 24.7 Å². The van der Waals surface area contributed by atoms with Gasteiger partial charge >= 0.3 is 5.97 Å². The summed E-state index contributed by atoms with van der Waals surface area (Å²) in [5.41, 5.74) is 2.82. The number of carboxylic acids is 1. The minimum absolute atomic E-state index is 0.428. The van der Waals surface area contributed by atoms with E-state index in [0.717, 1.165) is 5.56 Å². The minimum Gasteiger partial charge on any atom is -0.481 e. The Balaban J connectivity index is 2.14. The fraction of sp³-hybridized carbons (Fsp3) is 0.312. The highest BCUT2D eigenvalue weighted by atomic mass is 16.7. The molecule has 0 saturated heterocycles. The number of rotatable bonds is 6. The summed E-state index contributed by atoms with van der Waals surface area (Å²) in [5, 5.41) is 11.2. The first-order valence-electron chi connectivity index (χ1n) is 7.07. The summed E-state index contributed by atoms with van der Waals surface area (Å²) in [6.07, 6.45) is 1.12. The number of hydrogen-bond acceptors (Lipinski definition) is 5. The van der Waals surface area contributed by atoms with Crippen LogP contribution in [0.25, 0.3) is 5.70 Å². The van der Waals surface area contributed by atoms with E-state index in [1.807, 2.05) is 30.3 Å². The molecular weight excluding hydrogens is 300 g/mol. The van der Waals surface area contributed by atoms with E-state index < -0.39 is 35.7 Å². The lowest BCUT2D eigenvalue weighted by molar-refractivity contribution is -0.145. The Bertz CT molecular complexity index is 656. The summed E-state index contributed by atoms with van der Waals surface area (Å²) in [4.78, 5) is 40.0. The van der Waals surface area contributed by atoms with E-state index in [2.05, 4.69) is 10.8 Å². The maximum absolute atomic E-state index is 12.4. The number of amides is 1. The lowest BCUT2D eigenvalue weighted by Gasteiger charge is -2.22. The fourth-order valence-corrected chi connectivity index (χ4v) is 2.14. The molecule has 0 radical (unpaired) electrons.